The fraction of sp³-hybridized carbons (Fsp3) is 0.294. The first-order valence-electron chi connectivity index (χ1n) is 8.27. The molecule has 0 bridgehead atoms. The van der Waals surface area contributed by atoms with E-state index in [1.54, 1.807) is 0 Å². The second-order valence-corrected chi connectivity index (χ2v) is 6.28. The lowest BCUT2D eigenvalue weighted by Gasteiger charge is -2.30. The molecule has 1 aliphatic heterocycles. The molecule has 0 fully saturated rings. The van der Waals surface area contributed by atoms with Gasteiger partial charge >= 0.3 is 12.2 Å². The molecule has 3 heterocycles. The summed E-state index contributed by atoms with van der Waals surface area (Å²) in [6, 6.07) is 0.0951. The topological polar surface area (TPSA) is 87.2 Å². The Labute approximate surface area is 160 Å². The Morgan fingerprint density at radius 2 is 2.07 bits per heavy atom. The predicted octanol–water partition coefficient (Wildman–Crippen LogP) is 3.00. The van der Waals surface area contributed by atoms with Gasteiger partial charge in [0.2, 0.25) is 5.91 Å². The van der Waals surface area contributed by atoms with Crippen molar-refractivity contribution in [1.82, 2.24) is 20.2 Å². The van der Waals surface area contributed by atoms with Crippen LogP contribution in [0.2, 0.25) is 0 Å². The van der Waals surface area contributed by atoms with E-state index < -0.39 is 54.6 Å². The summed E-state index contributed by atoms with van der Waals surface area (Å²) in [6.45, 7) is 0.303. The van der Waals surface area contributed by atoms with E-state index >= 15 is 0 Å². The van der Waals surface area contributed by atoms with Crippen molar-refractivity contribution in [2.75, 3.05) is 11.9 Å². The van der Waals surface area contributed by atoms with Gasteiger partial charge < -0.3 is 15.5 Å². The van der Waals surface area contributed by atoms with Crippen LogP contribution in [0.3, 0.4) is 0 Å². The Balaban J connectivity index is 1.72. The molecule has 0 aliphatic carbocycles. The third-order valence-corrected chi connectivity index (χ3v) is 4.16. The van der Waals surface area contributed by atoms with Crippen molar-refractivity contribution >= 4 is 17.6 Å². The zero-order valence-corrected chi connectivity index (χ0v) is 14.8. The number of anilines is 1. The number of rotatable bonds is 4. The largest absolute Gasteiger partial charge is 0.433 e. The highest BCUT2D eigenvalue weighted by Crippen LogP contribution is 2.35. The molecule has 3 amide bonds. The number of hydrogen-bond donors (Lipinski definition) is 2. The lowest BCUT2D eigenvalue weighted by molar-refractivity contribution is -0.142. The number of carbonyl (C=O) groups excluding carboxylic acids is 2. The molecule has 1 aliphatic rings. The van der Waals surface area contributed by atoms with Crippen LogP contribution in [0.1, 0.15) is 29.9 Å². The van der Waals surface area contributed by atoms with Crippen molar-refractivity contribution in [3.8, 4) is 0 Å². The molecule has 7 nitrogen and oxygen atoms in total. The van der Waals surface area contributed by atoms with Crippen LogP contribution < -0.4 is 10.6 Å². The average Bonchev–Trinajstić information content (AvgIpc) is 2.60. The Hall–Kier alpha value is -3.31. The number of carbonyl (C=O) groups is 2. The molecule has 0 saturated carbocycles. The average molecular weight is 415 g/mol. The van der Waals surface area contributed by atoms with Crippen LogP contribution in [-0.2, 0) is 17.5 Å². The normalized spacial score (nSPS) is 14.8. The molecule has 154 valence electrons. The number of fused-ring (bicyclic) bond motifs is 1. The van der Waals surface area contributed by atoms with Gasteiger partial charge in [0, 0.05) is 17.8 Å². The molecule has 1 atom stereocenters. The molecule has 3 rings (SSSR count). The zero-order valence-electron chi connectivity index (χ0n) is 14.8. The zero-order chi connectivity index (χ0) is 21.3. The van der Waals surface area contributed by atoms with Crippen molar-refractivity contribution < 1.29 is 31.5 Å². The Bertz CT molecular complexity index is 966. The molecular weight excluding hydrogens is 401 g/mol. The molecule has 0 saturated heterocycles. The summed E-state index contributed by atoms with van der Waals surface area (Å²) in [5.41, 5.74) is -1.70. The Kier molecular flexibility index (Phi) is 5.36. The van der Waals surface area contributed by atoms with Crippen LogP contribution in [0.25, 0.3) is 0 Å². The molecular formula is C17H14F5N5O2. The van der Waals surface area contributed by atoms with Crippen LogP contribution in [0.4, 0.5) is 32.4 Å². The number of amides is 3. The second-order valence-electron chi connectivity index (χ2n) is 6.28. The summed E-state index contributed by atoms with van der Waals surface area (Å²) in [7, 11) is 0. The minimum atomic E-state index is -4.73. The number of pyridine rings is 2. The summed E-state index contributed by atoms with van der Waals surface area (Å²) in [5.74, 6) is -2.62. The quantitative estimate of drug-likeness (QED) is 0.752. The standard InChI is InChI=1S/C17H14F5N5O2/c1-8(14-11(19)4-9(18)5-24-14)25-13(28)7-27-6-10-12(26-16(27)29)2-3-23-15(10)17(20,21)22/h2-5,8H,6-7H2,1H3,(H,25,28)(H,26,29)/t8-/m0/s1. The summed E-state index contributed by atoms with van der Waals surface area (Å²) in [4.78, 5) is 32.1. The summed E-state index contributed by atoms with van der Waals surface area (Å²) in [5, 5.41) is 4.65. The smallest absolute Gasteiger partial charge is 0.346 e. The van der Waals surface area contributed by atoms with Crippen LogP contribution in [0.5, 0.6) is 0 Å². The van der Waals surface area contributed by atoms with Crippen molar-refractivity contribution in [2.45, 2.75) is 25.7 Å². The number of aromatic nitrogens is 2. The first-order valence-corrected chi connectivity index (χ1v) is 8.27. The first-order chi connectivity index (χ1) is 13.6. The number of halogens is 5. The summed E-state index contributed by atoms with van der Waals surface area (Å²) < 4.78 is 66.1. The van der Waals surface area contributed by atoms with Crippen LogP contribution in [-0.4, -0.2) is 33.4 Å². The molecule has 0 aromatic carbocycles. The van der Waals surface area contributed by atoms with Gasteiger partial charge in [-0.2, -0.15) is 13.2 Å². The van der Waals surface area contributed by atoms with Gasteiger partial charge in [-0.3, -0.25) is 14.8 Å². The molecule has 12 heteroatoms. The number of urea groups is 1. The lowest BCUT2D eigenvalue weighted by Crippen LogP contribution is -2.45. The van der Waals surface area contributed by atoms with E-state index in [0.29, 0.717) is 6.07 Å². The van der Waals surface area contributed by atoms with E-state index in [-0.39, 0.29) is 16.9 Å². The number of hydrogen-bond acceptors (Lipinski definition) is 4. The minimum absolute atomic E-state index is 0.0417. The maximum Gasteiger partial charge on any atom is 0.433 e. The highest BCUT2D eigenvalue weighted by molar-refractivity contribution is 5.95. The maximum absolute atomic E-state index is 13.8. The minimum Gasteiger partial charge on any atom is -0.346 e. The molecule has 2 N–H and O–H groups in total. The van der Waals surface area contributed by atoms with Gasteiger partial charge in [-0.1, -0.05) is 0 Å². The second kappa shape index (κ2) is 7.60. The highest BCUT2D eigenvalue weighted by atomic mass is 19.4. The van der Waals surface area contributed by atoms with E-state index in [9.17, 15) is 31.5 Å². The van der Waals surface area contributed by atoms with Gasteiger partial charge in [-0.15, -0.1) is 0 Å². The molecule has 0 radical (unpaired) electrons. The van der Waals surface area contributed by atoms with Crippen molar-refractivity contribution in [1.29, 1.82) is 0 Å². The van der Waals surface area contributed by atoms with Gasteiger partial charge in [0.25, 0.3) is 0 Å². The Morgan fingerprint density at radius 1 is 1.34 bits per heavy atom. The van der Waals surface area contributed by atoms with Crippen molar-refractivity contribution in [3.05, 3.63) is 53.1 Å². The molecule has 2 aromatic rings. The molecule has 0 unspecified atom stereocenters. The van der Waals surface area contributed by atoms with Gasteiger partial charge in [0.05, 0.1) is 30.2 Å². The van der Waals surface area contributed by atoms with Crippen molar-refractivity contribution in [2.24, 2.45) is 0 Å². The lowest BCUT2D eigenvalue weighted by atomic mass is 10.1. The van der Waals surface area contributed by atoms with Crippen LogP contribution >= 0.6 is 0 Å². The van der Waals surface area contributed by atoms with Crippen molar-refractivity contribution in [3.63, 3.8) is 0 Å². The molecule has 29 heavy (non-hydrogen) atoms. The van der Waals surface area contributed by atoms with Gasteiger partial charge in [0.1, 0.15) is 18.2 Å². The monoisotopic (exact) mass is 415 g/mol. The molecule has 0 spiro atoms. The third-order valence-electron chi connectivity index (χ3n) is 4.16. The summed E-state index contributed by atoms with van der Waals surface area (Å²) >= 11 is 0. The van der Waals surface area contributed by atoms with Crippen LogP contribution in [0.15, 0.2) is 24.5 Å². The van der Waals surface area contributed by atoms with E-state index in [1.807, 2.05) is 0 Å². The molecule has 2 aromatic heterocycles. The number of nitrogens with one attached hydrogen (secondary N) is 2. The van der Waals surface area contributed by atoms with E-state index in [2.05, 4.69) is 20.6 Å². The van der Waals surface area contributed by atoms with Crippen LogP contribution in [0, 0.1) is 11.6 Å². The maximum atomic E-state index is 13.8. The fourth-order valence-corrected chi connectivity index (χ4v) is 2.87. The van der Waals surface area contributed by atoms with E-state index in [4.69, 9.17) is 0 Å². The Morgan fingerprint density at radius 3 is 2.72 bits per heavy atom. The SMILES string of the molecule is C[C@H](NC(=O)CN1Cc2c(ccnc2C(F)(F)F)NC1=O)c1ncc(F)cc1F. The van der Waals surface area contributed by atoms with E-state index in [0.717, 1.165) is 17.3 Å². The van der Waals surface area contributed by atoms with Gasteiger partial charge in [-0.25, -0.2) is 13.6 Å². The highest BCUT2D eigenvalue weighted by Gasteiger charge is 2.39. The third kappa shape index (κ3) is 4.41. The number of alkyl halides is 3. The fourth-order valence-electron chi connectivity index (χ4n) is 2.87. The number of nitrogens with zero attached hydrogens (tertiary/aromatic N) is 3. The predicted molar refractivity (Wildman–Crippen MR) is 89.4 cm³/mol. The van der Waals surface area contributed by atoms with Gasteiger partial charge in [0.15, 0.2) is 5.69 Å². The summed E-state index contributed by atoms with van der Waals surface area (Å²) in [6.07, 6.45) is -3.03. The van der Waals surface area contributed by atoms with Gasteiger partial charge in [-0.05, 0) is 13.0 Å². The van der Waals surface area contributed by atoms with E-state index in [1.165, 1.54) is 13.0 Å². The first kappa shape index (κ1) is 20.4.